The Hall–Kier alpha value is -1.71. The van der Waals surface area contributed by atoms with Gasteiger partial charge in [-0.1, -0.05) is 0 Å². The summed E-state index contributed by atoms with van der Waals surface area (Å²) in [6.07, 6.45) is 2.90. The minimum Gasteiger partial charge on any atom is -1.00 e. The Labute approximate surface area is 133 Å². The van der Waals surface area contributed by atoms with Gasteiger partial charge in [0.25, 0.3) is 5.91 Å². The molecule has 0 atom stereocenters. The second kappa shape index (κ2) is 9.23. The molecule has 1 rings (SSSR count). The molecule has 8 heteroatoms. The van der Waals surface area contributed by atoms with Gasteiger partial charge in [-0.25, -0.2) is 4.57 Å². The van der Waals surface area contributed by atoms with E-state index in [0.29, 0.717) is 5.56 Å². The Kier molecular flexibility index (Phi) is 8.45. The maximum absolute atomic E-state index is 11.6. The van der Waals surface area contributed by atoms with Crippen molar-refractivity contribution in [3.63, 3.8) is 0 Å². The first-order valence-electron chi connectivity index (χ1n) is 5.60. The van der Waals surface area contributed by atoms with Crippen LogP contribution in [0, 0.1) is 0 Å². The molecule has 0 saturated heterocycles. The average Bonchev–Trinajstić information content (AvgIpc) is 2.36. The quantitative estimate of drug-likeness (QED) is 0.227. The molecule has 1 heterocycles. The molecule has 0 spiro atoms. The zero-order valence-electron chi connectivity index (χ0n) is 10.8. The molecule has 7 nitrogen and oxygen atoms in total. The minimum absolute atomic E-state index is 0. The number of aliphatic carboxylic acids is 1. The number of aryl methyl sites for hydroxylation is 1. The number of amides is 1. The number of pyridine rings is 1. The highest BCUT2D eigenvalue weighted by Gasteiger charge is 2.10. The number of carboxylic acids is 1. The van der Waals surface area contributed by atoms with E-state index in [0.717, 1.165) is 0 Å². The van der Waals surface area contributed by atoms with Crippen LogP contribution in [0.15, 0.2) is 24.5 Å². The molecule has 110 valence electrons. The van der Waals surface area contributed by atoms with Crippen molar-refractivity contribution in [2.24, 2.45) is 7.05 Å². The van der Waals surface area contributed by atoms with E-state index in [-0.39, 0.29) is 49.5 Å². The van der Waals surface area contributed by atoms with Crippen LogP contribution in [0.5, 0.6) is 0 Å². The van der Waals surface area contributed by atoms with Crippen LogP contribution in [-0.2, 0) is 21.4 Å². The summed E-state index contributed by atoms with van der Waals surface area (Å²) >= 11 is 0. The minimum atomic E-state index is -1.07. The van der Waals surface area contributed by atoms with Crippen LogP contribution >= 0.6 is 0 Å². The summed E-state index contributed by atoms with van der Waals surface area (Å²) in [4.78, 5) is 32.9. The zero-order chi connectivity index (χ0) is 14.3. The Balaban J connectivity index is 0.00000361. The Morgan fingerprint density at radius 3 is 2.65 bits per heavy atom. The number of carbonyl (C=O) groups is 3. The molecule has 0 aromatic carbocycles. The summed E-state index contributed by atoms with van der Waals surface area (Å²) in [6.45, 7) is -0.282. The summed E-state index contributed by atoms with van der Waals surface area (Å²) in [6, 6.07) is 3.34. The number of ether oxygens (including phenoxy) is 1. The number of aromatic nitrogens is 1. The molecule has 1 aromatic heterocycles. The Bertz CT molecular complexity index is 492. The molecular formula is C12H15IN2O5. The van der Waals surface area contributed by atoms with Gasteiger partial charge in [-0.2, -0.15) is 0 Å². The number of halogens is 1. The number of hydrogen-bond donors (Lipinski definition) is 2. The normalized spacial score (nSPS) is 9.25. The largest absolute Gasteiger partial charge is 1.00 e. The smallest absolute Gasteiger partial charge is 0.308 e. The number of carboxylic acid groups (broad SMARTS) is 1. The fourth-order valence-corrected chi connectivity index (χ4v) is 1.29. The lowest BCUT2D eigenvalue weighted by atomic mass is 10.3. The standard InChI is InChI=1S/C12H14N2O5.HI/c1-14-6-2-3-9(7-14)12(18)13-8-19-11(17)5-4-10(15)16;/h2-3,6-7H,4-5,8H2,1H3,(H-,13,15,16,18);1H. The number of nitrogens with one attached hydrogen (secondary N) is 1. The van der Waals surface area contributed by atoms with Crippen molar-refractivity contribution in [1.82, 2.24) is 5.32 Å². The van der Waals surface area contributed by atoms with E-state index in [1.807, 2.05) is 0 Å². The fraction of sp³-hybridized carbons (Fsp3) is 0.333. The van der Waals surface area contributed by atoms with Crippen LogP contribution in [0.2, 0.25) is 0 Å². The highest BCUT2D eigenvalue weighted by molar-refractivity contribution is 5.93. The molecular weight excluding hydrogens is 379 g/mol. The topological polar surface area (TPSA) is 96.6 Å². The lowest BCUT2D eigenvalue weighted by Crippen LogP contribution is -3.00. The predicted molar refractivity (Wildman–Crippen MR) is 62.9 cm³/mol. The average molecular weight is 394 g/mol. The van der Waals surface area contributed by atoms with Crippen LogP contribution in [0.25, 0.3) is 0 Å². The zero-order valence-corrected chi connectivity index (χ0v) is 13.0. The molecule has 1 aromatic rings. The van der Waals surface area contributed by atoms with Gasteiger partial charge in [0.1, 0.15) is 12.6 Å². The summed E-state index contributed by atoms with van der Waals surface area (Å²) in [5.74, 6) is -2.11. The second-order valence-corrected chi connectivity index (χ2v) is 3.82. The SMILES string of the molecule is C[n+]1cccc(C(=O)NCOC(=O)CCC(=O)O)c1.[I-]. The third-order valence-electron chi connectivity index (χ3n) is 2.21. The number of carbonyl (C=O) groups excluding carboxylic acids is 2. The molecule has 0 aliphatic carbocycles. The third-order valence-corrected chi connectivity index (χ3v) is 2.21. The molecule has 0 bridgehead atoms. The predicted octanol–water partition coefficient (Wildman–Crippen LogP) is -3.39. The van der Waals surface area contributed by atoms with Crippen LogP contribution < -0.4 is 33.9 Å². The van der Waals surface area contributed by atoms with E-state index in [1.54, 1.807) is 36.1 Å². The second-order valence-electron chi connectivity index (χ2n) is 3.82. The van der Waals surface area contributed by atoms with E-state index in [9.17, 15) is 14.4 Å². The van der Waals surface area contributed by atoms with Gasteiger partial charge in [-0.3, -0.25) is 14.4 Å². The van der Waals surface area contributed by atoms with E-state index >= 15 is 0 Å². The van der Waals surface area contributed by atoms with Crippen molar-refractivity contribution >= 4 is 17.8 Å². The fourth-order valence-electron chi connectivity index (χ4n) is 1.29. The van der Waals surface area contributed by atoms with Gasteiger partial charge in [0.15, 0.2) is 19.1 Å². The molecule has 0 aliphatic rings. The van der Waals surface area contributed by atoms with Gasteiger partial charge >= 0.3 is 11.9 Å². The summed E-state index contributed by atoms with van der Waals surface area (Å²) < 4.78 is 6.39. The molecule has 0 fully saturated rings. The number of rotatable bonds is 6. The Morgan fingerprint density at radius 1 is 1.35 bits per heavy atom. The van der Waals surface area contributed by atoms with Crippen molar-refractivity contribution in [1.29, 1.82) is 0 Å². The third kappa shape index (κ3) is 7.02. The van der Waals surface area contributed by atoms with Gasteiger partial charge in [0.2, 0.25) is 0 Å². The molecule has 20 heavy (non-hydrogen) atoms. The first kappa shape index (κ1) is 18.3. The van der Waals surface area contributed by atoms with Crippen LogP contribution in [0.1, 0.15) is 23.2 Å². The van der Waals surface area contributed by atoms with Gasteiger partial charge in [-0.05, 0) is 6.07 Å². The lowest BCUT2D eigenvalue weighted by molar-refractivity contribution is -0.671. The van der Waals surface area contributed by atoms with Gasteiger partial charge < -0.3 is 39.1 Å². The summed E-state index contributed by atoms with van der Waals surface area (Å²) in [5, 5.41) is 10.8. The van der Waals surface area contributed by atoms with Gasteiger partial charge in [-0.15, -0.1) is 0 Å². The lowest BCUT2D eigenvalue weighted by Gasteiger charge is -2.05. The van der Waals surface area contributed by atoms with E-state index in [4.69, 9.17) is 5.11 Å². The molecule has 0 aliphatic heterocycles. The van der Waals surface area contributed by atoms with E-state index in [1.165, 1.54) is 0 Å². The van der Waals surface area contributed by atoms with Crippen molar-refractivity contribution < 1.29 is 52.8 Å². The monoisotopic (exact) mass is 394 g/mol. The van der Waals surface area contributed by atoms with Crippen LogP contribution in [0.3, 0.4) is 0 Å². The number of esters is 1. The number of hydrogen-bond acceptors (Lipinski definition) is 4. The van der Waals surface area contributed by atoms with Gasteiger partial charge in [0.05, 0.1) is 12.8 Å². The summed E-state index contributed by atoms with van der Waals surface area (Å²) in [5.41, 5.74) is 0.437. The molecule has 0 unspecified atom stereocenters. The molecule has 0 radical (unpaired) electrons. The van der Waals surface area contributed by atoms with Gasteiger partial charge in [0, 0.05) is 6.07 Å². The highest BCUT2D eigenvalue weighted by Crippen LogP contribution is 1.95. The first-order chi connectivity index (χ1) is 8.99. The van der Waals surface area contributed by atoms with Crippen LogP contribution in [0.4, 0.5) is 0 Å². The van der Waals surface area contributed by atoms with Crippen molar-refractivity contribution in [2.45, 2.75) is 12.8 Å². The molecule has 0 saturated carbocycles. The summed E-state index contributed by atoms with van der Waals surface area (Å²) in [7, 11) is 1.78. The molecule has 1 amide bonds. The van der Waals surface area contributed by atoms with E-state index < -0.39 is 11.9 Å². The maximum atomic E-state index is 11.6. The molecule has 2 N–H and O–H groups in total. The van der Waals surface area contributed by atoms with Crippen molar-refractivity contribution in [3.05, 3.63) is 30.1 Å². The maximum Gasteiger partial charge on any atom is 0.308 e. The van der Waals surface area contributed by atoms with Crippen molar-refractivity contribution in [3.8, 4) is 0 Å². The van der Waals surface area contributed by atoms with Crippen LogP contribution in [-0.4, -0.2) is 29.7 Å². The van der Waals surface area contributed by atoms with E-state index in [2.05, 4.69) is 10.1 Å². The van der Waals surface area contributed by atoms with Crippen molar-refractivity contribution in [2.75, 3.05) is 6.73 Å². The Morgan fingerprint density at radius 2 is 2.05 bits per heavy atom. The number of nitrogens with zero attached hydrogens (tertiary/aromatic N) is 1. The first-order valence-corrected chi connectivity index (χ1v) is 5.60. The highest BCUT2D eigenvalue weighted by atomic mass is 127.